The number of hydrogen-bond acceptors (Lipinski definition) is 1. The van der Waals surface area contributed by atoms with Gasteiger partial charge < -0.3 is 4.90 Å². The Morgan fingerprint density at radius 2 is 1.63 bits per heavy atom. The Hall–Kier alpha value is -1.50. The van der Waals surface area contributed by atoms with Gasteiger partial charge >= 0.3 is 0 Å². The second kappa shape index (κ2) is 6.60. The smallest absolute Gasteiger partial charge is 0.0522 e. The van der Waals surface area contributed by atoms with E-state index in [1.807, 2.05) is 0 Å². The van der Waals surface area contributed by atoms with Gasteiger partial charge in [0.25, 0.3) is 0 Å². The second-order valence-electron chi connectivity index (χ2n) is 5.15. The van der Waals surface area contributed by atoms with Crippen molar-refractivity contribution in [1.82, 2.24) is 0 Å². The summed E-state index contributed by atoms with van der Waals surface area (Å²) in [7, 11) is 0. The quantitative estimate of drug-likeness (QED) is 0.689. The van der Waals surface area contributed by atoms with Gasteiger partial charge in [0.15, 0.2) is 0 Å². The zero-order valence-electron chi connectivity index (χ0n) is 12.4. The Labute approximate surface area is 117 Å². The van der Waals surface area contributed by atoms with Crippen LogP contribution in [0.15, 0.2) is 53.8 Å². The molecule has 1 aromatic rings. The number of benzene rings is 1. The van der Waals surface area contributed by atoms with Gasteiger partial charge in [-0.3, -0.25) is 0 Å². The molecule has 0 N–H and O–H groups in total. The molecule has 1 aliphatic heterocycles. The summed E-state index contributed by atoms with van der Waals surface area (Å²) in [6.07, 6.45) is 9.54. The first-order valence-electron chi connectivity index (χ1n) is 7.55. The summed E-state index contributed by atoms with van der Waals surface area (Å²) in [5.74, 6) is 0. The van der Waals surface area contributed by atoms with Crippen molar-refractivity contribution >= 4 is 5.69 Å². The lowest BCUT2D eigenvalue weighted by Gasteiger charge is -2.34. The minimum absolute atomic E-state index is 0.512. The van der Waals surface area contributed by atoms with E-state index in [-0.39, 0.29) is 0 Å². The highest BCUT2D eigenvalue weighted by molar-refractivity contribution is 5.56. The van der Waals surface area contributed by atoms with Crippen molar-refractivity contribution in [3.8, 4) is 0 Å². The SMILES string of the molecule is CCCC1C=C(CC)C(CC)=CN1c1ccccc1. The summed E-state index contributed by atoms with van der Waals surface area (Å²) in [6.45, 7) is 6.77. The van der Waals surface area contributed by atoms with Crippen LogP contribution in [-0.4, -0.2) is 6.04 Å². The van der Waals surface area contributed by atoms with Crippen molar-refractivity contribution in [3.63, 3.8) is 0 Å². The van der Waals surface area contributed by atoms with E-state index in [0.29, 0.717) is 6.04 Å². The van der Waals surface area contributed by atoms with Crippen LogP contribution >= 0.6 is 0 Å². The molecule has 0 fully saturated rings. The van der Waals surface area contributed by atoms with E-state index in [1.54, 1.807) is 0 Å². The lowest BCUT2D eigenvalue weighted by atomic mass is 9.93. The molecule has 0 saturated carbocycles. The molecule has 0 radical (unpaired) electrons. The van der Waals surface area contributed by atoms with Gasteiger partial charge in [-0.05, 0) is 42.5 Å². The maximum Gasteiger partial charge on any atom is 0.0522 e. The monoisotopic (exact) mass is 255 g/mol. The predicted octanol–water partition coefficient (Wildman–Crippen LogP) is 5.31. The fraction of sp³-hybridized carbons (Fsp3) is 0.444. The fourth-order valence-corrected chi connectivity index (χ4v) is 2.81. The minimum atomic E-state index is 0.512. The van der Waals surface area contributed by atoms with Crippen LogP contribution in [0, 0.1) is 0 Å². The molecule has 1 heterocycles. The van der Waals surface area contributed by atoms with Crippen LogP contribution in [0.4, 0.5) is 5.69 Å². The highest BCUT2D eigenvalue weighted by atomic mass is 15.1. The van der Waals surface area contributed by atoms with Gasteiger partial charge in [0.05, 0.1) is 6.04 Å². The molecule has 0 spiro atoms. The Bertz CT molecular complexity index is 456. The molecule has 1 heteroatoms. The second-order valence-corrected chi connectivity index (χ2v) is 5.15. The first-order chi connectivity index (χ1) is 9.30. The zero-order valence-corrected chi connectivity index (χ0v) is 12.4. The van der Waals surface area contributed by atoms with Crippen LogP contribution in [0.2, 0.25) is 0 Å². The Balaban J connectivity index is 2.35. The van der Waals surface area contributed by atoms with Crippen LogP contribution in [0.3, 0.4) is 0 Å². The van der Waals surface area contributed by atoms with Gasteiger partial charge in [-0.2, -0.15) is 0 Å². The van der Waals surface area contributed by atoms with E-state index < -0.39 is 0 Å². The topological polar surface area (TPSA) is 3.24 Å². The number of allylic oxidation sites excluding steroid dienone is 2. The van der Waals surface area contributed by atoms with Gasteiger partial charge in [-0.1, -0.05) is 51.5 Å². The molecular formula is C18H25N. The third-order valence-electron chi connectivity index (χ3n) is 3.86. The Morgan fingerprint density at radius 1 is 0.947 bits per heavy atom. The van der Waals surface area contributed by atoms with Crippen molar-refractivity contribution in [1.29, 1.82) is 0 Å². The number of nitrogens with zero attached hydrogens (tertiary/aromatic N) is 1. The van der Waals surface area contributed by atoms with Gasteiger partial charge in [-0.15, -0.1) is 0 Å². The maximum atomic E-state index is 2.48. The van der Waals surface area contributed by atoms with Crippen LogP contribution in [-0.2, 0) is 0 Å². The first kappa shape index (κ1) is 13.9. The highest BCUT2D eigenvalue weighted by Gasteiger charge is 2.20. The van der Waals surface area contributed by atoms with Crippen LogP contribution in [0.25, 0.3) is 0 Å². The molecule has 0 saturated heterocycles. The third-order valence-corrected chi connectivity index (χ3v) is 3.86. The van der Waals surface area contributed by atoms with Crippen molar-refractivity contribution in [2.75, 3.05) is 4.90 Å². The van der Waals surface area contributed by atoms with E-state index in [1.165, 1.54) is 29.7 Å². The van der Waals surface area contributed by atoms with E-state index in [4.69, 9.17) is 0 Å². The van der Waals surface area contributed by atoms with Crippen LogP contribution in [0.1, 0.15) is 46.5 Å². The molecule has 1 atom stereocenters. The van der Waals surface area contributed by atoms with Crippen molar-refractivity contribution in [3.05, 3.63) is 53.8 Å². The molecule has 1 aliphatic rings. The van der Waals surface area contributed by atoms with E-state index in [0.717, 1.165) is 12.8 Å². The molecule has 0 aromatic heterocycles. The number of para-hydroxylation sites is 1. The molecule has 102 valence electrons. The molecule has 0 bridgehead atoms. The average molecular weight is 255 g/mol. The van der Waals surface area contributed by atoms with Crippen LogP contribution in [0.5, 0.6) is 0 Å². The predicted molar refractivity (Wildman–Crippen MR) is 84.4 cm³/mol. The number of rotatable bonds is 5. The van der Waals surface area contributed by atoms with E-state index in [9.17, 15) is 0 Å². The summed E-state index contributed by atoms with van der Waals surface area (Å²) in [4.78, 5) is 2.45. The molecule has 1 aromatic carbocycles. The number of hydrogen-bond donors (Lipinski definition) is 0. The number of anilines is 1. The molecule has 0 amide bonds. The summed E-state index contributed by atoms with van der Waals surface area (Å²) in [5.41, 5.74) is 4.32. The fourth-order valence-electron chi connectivity index (χ4n) is 2.81. The molecule has 2 rings (SSSR count). The van der Waals surface area contributed by atoms with Gasteiger partial charge in [0.2, 0.25) is 0 Å². The normalized spacial score (nSPS) is 19.1. The molecule has 0 aliphatic carbocycles. The third kappa shape index (κ3) is 3.09. The highest BCUT2D eigenvalue weighted by Crippen LogP contribution is 2.31. The van der Waals surface area contributed by atoms with Gasteiger partial charge in [0.1, 0.15) is 0 Å². The molecule has 1 unspecified atom stereocenters. The van der Waals surface area contributed by atoms with Crippen molar-refractivity contribution in [2.45, 2.75) is 52.5 Å². The molecule has 1 nitrogen and oxygen atoms in total. The summed E-state index contributed by atoms with van der Waals surface area (Å²) in [5, 5.41) is 0. The Kier molecular flexibility index (Phi) is 4.84. The van der Waals surface area contributed by atoms with Gasteiger partial charge in [0, 0.05) is 11.9 Å². The summed E-state index contributed by atoms with van der Waals surface area (Å²) >= 11 is 0. The first-order valence-corrected chi connectivity index (χ1v) is 7.55. The van der Waals surface area contributed by atoms with Gasteiger partial charge in [-0.25, -0.2) is 0 Å². The molecular weight excluding hydrogens is 230 g/mol. The zero-order chi connectivity index (χ0) is 13.7. The van der Waals surface area contributed by atoms with E-state index >= 15 is 0 Å². The van der Waals surface area contributed by atoms with Crippen molar-refractivity contribution < 1.29 is 0 Å². The lowest BCUT2D eigenvalue weighted by Crippen LogP contribution is -2.32. The summed E-state index contributed by atoms with van der Waals surface area (Å²) < 4.78 is 0. The standard InChI is InChI=1S/C18H25N/c1-4-10-18-13-15(5-2)16(6-3)14-19(18)17-11-8-7-9-12-17/h7-9,11-14,18H,4-6,10H2,1-3H3. The maximum absolute atomic E-state index is 2.48. The van der Waals surface area contributed by atoms with Crippen molar-refractivity contribution in [2.24, 2.45) is 0 Å². The largest absolute Gasteiger partial charge is 0.341 e. The van der Waals surface area contributed by atoms with Crippen LogP contribution < -0.4 is 4.90 Å². The molecule has 19 heavy (non-hydrogen) atoms. The Morgan fingerprint density at radius 3 is 2.21 bits per heavy atom. The minimum Gasteiger partial charge on any atom is -0.341 e. The summed E-state index contributed by atoms with van der Waals surface area (Å²) in [6, 6.07) is 11.2. The lowest BCUT2D eigenvalue weighted by molar-refractivity contribution is 0.662. The van der Waals surface area contributed by atoms with E-state index in [2.05, 4.69) is 68.3 Å². The average Bonchev–Trinajstić information content (AvgIpc) is 2.48.